The number of aryl methyl sites for hydroxylation is 3. The van der Waals surface area contributed by atoms with Crippen LogP contribution in [0.15, 0.2) is 48.5 Å². The van der Waals surface area contributed by atoms with Crippen LogP contribution in [0.1, 0.15) is 28.8 Å². The van der Waals surface area contributed by atoms with Crippen molar-refractivity contribution in [3.63, 3.8) is 0 Å². The van der Waals surface area contributed by atoms with Gasteiger partial charge in [-0.15, -0.1) is 0 Å². The van der Waals surface area contributed by atoms with Crippen molar-refractivity contribution in [3.05, 3.63) is 76.7 Å². The van der Waals surface area contributed by atoms with Crippen LogP contribution in [0.4, 0.5) is 10.2 Å². The van der Waals surface area contributed by atoms with Crippen LogP contribution in [0.2, 0.25) is 0 Å². The topological polar surface area (TPSA) is 46.9 Å². The van der Waals surface area contributed by atoms with Crippen LogP contribution in [-0.4, -0.2) is 15.7 Å². The van der Waals surface area contributed by atoms with E-state index in [-0.39, 0.29) is 11.7 Å². The number of hydrogen-bond donors (Lipinski definition) is 1. The van der Waals surface area contributed by atoms with E-state index in [1.165, 1.54) is 29.7 Å². The van der Waals surface area contributed by atoms with Crippen LogP contribution < -0.4 is 5.32 Å². The van der Waals surface area contributed by atoms with Crippen LogP contribution in [0.3, 0.4) is 0 Å². The molecule has 1 heterocycles. The van der Waals surface area contributed by atoms with E-state index in [2.05, 4.69) is 22.5 Å². The largest absolute Gasteiger partial charge is 0.310 e. The lowest BCUT2D eigenvalue weighted by atomic mass is 10.0. The van der Waals surface area contributed by atoms with Gasteiger partial charge in [0.1, 0.15) is 11.6 Å². The van der Waals surface area contributed by atoms with Gasteiger partial charge in [0.25, 0.3) is 0 Å². The number of nitrogens with zero attached hydrogens (tertiary/aromatic N) is 2. The van der Waals surface area contributed by atoms with Crippen molar-refractivity contribution in [1.29, 1.82) is 0 Å². The molecule has 0 radical (unpaired) electrons. The second-order valence-electron chi connectivity index (χ2n) is 6.74. The number of carbonyl (C=O) groups is 1. The lowest BCUT2D eigenvalue weighted by Crippen LogP contribution is -2.17. The molecule has 0 bridgehead atoms. The number of amides is 1. The molecule has 3 aromatic rings. The Kier molecular flexibility index (Phi) is 4.29. The first-order chi connectivity index (χ1) is 12.6. The summed E-state index contributed by atoms with van der Waals surface area (Å²) in [6, 6.07) is 14.2. The molecule has 132 valence electrons. The molecular weight excluding hydrogens is 329 g/mol. The Balaban J connectivity index is 1.52. The van der Waals surface area contributed by atoms with Gasteiger partial charge >= 0.3 is 0 Å². The predicted molar refractivity (Wildman–Crippen MR) is 99.1 cm³/mol. The minimum absolute atomic E-state index is 0.0915. The quantitative estimate of drug-likeness (QED) is 0.774. The molecule has 1 N–H and O–H groups in total. The molecular formula is C21H20FN3O. The van der Waals surface area contributed by atoms with Crippen molar-refractivity contribution in [1.82, 2.24) is 9.78 Å². The number of anilines is 1. The number of benzene rings is 2. The van der Waals surface area contributed by atoms with Crippen LogP contribution in [0.25, 0.3) is 5.69 Å². The van der Waals surface area contributed by atoms with E-state index in [0.717, 1.165) is 24.1 Å². The lowest BCUT2D eigenvalue weighted by Gasteiger charge is -2.10. The number of rotatable bonds is 4. The highest BCUT2D eigenvalue weighted by Crippen LogP contribution is 2.23. The predicted octanol–water partition coefficient (Wildman–Crippen LogP) is 3.99. The molecule has 0 unspecified atom stereocenters. The maximum absolute atomic E-state index is 13.2. The Bertz CT molecular complexity index is 960. The van der Waals surface area contributed by atoms with Gasteiger partial charge in [-0.3, -0.25) is 4.79 Å². The Labute approximate surface area is 151 Å². The molecule has 0 saturated carbocycles. The Hall–Kier alpha value is -2.95. The van der Waals surface area contributed by atoms with Gasteiger partial charge in [0.15, 0.2) is 0 Å². The van der Waals surface area contributed by atoms with E-state index in [1.54, 1.807) is 16.8 Å². The molecule has 0 spiro atoms. The van der Waals surface area contributed by atoms with Crippen LogP contribution >= 0.6 is 0 Å². The smallest absolute Gasteiger partial charge is 0.229 e. The van der Waals surface area contributed by atoms with Crippen molar-refractivity contribution in [3.8, 4) is 5.69 Å². The fourth-order valence-electron chi connectivity index (χ4n) is 3.48. The average molecular weight is 349 g/mol. The van der Waals surface area contributed by atoms with Crippen LogP contribution in [-0.2, 0) is 24.1 Å². The molecule has 4 rings (SSSR count). The minimum Gasteiger partial charge on any atom is -0.310 e. The van der Waals surface area contributed by atoms with Crippen molar-refractivity contribution in [2.45, 2.75) is 32.6 Å². The lowest BCUT2D eigenvalue weighted by molar-refractivity contribution is -0.115. The summed E-state index contributed by atoms with van der Waals surface area (Å²) in [5, 5.41) is 7.33. The van der Waals surface area contributed by atoms with Gasteiger partial charge < -0.3 is 5.32 Å². The fraction of sp³-hybridized carbons (Fsp3) is 0.238. The molecule has 1 amide bonds. The summed E-state index contributed by atoms with van der Waals surface area (Å²) in [5.41, 5.74) is 5.27. The summed E-state index contributed by atoms with van der Waals surface area (Å²) in [7, 11) is 0. The molecule has 5 heteroatoms. The molecule has 1 aromatic heterocycles. The highest BCUT2D eigenvalue weighted by Gasteiger charge is 2.14. The molecule has 0 fully saturated rings. The summed E-state index contributed by atoms with van der Waals surface area (Å²) >= 11 is 0. The van der Waals surface area contributed by atoms with Crippen LogP contribution in [0.5, 0.6) is 0 Å². The van der Waals surface area contributed by atoms with Gasteiger partial charge in [0, 0.05) is 6.07 Å². The molecule has 1 aliphatic carbocycles. The zero-order valence-electron chi connectivity index (χ0n) is 14.6. The van der Waals surface area contributed by atoms with Gasteiger partial charge in [0.05, 0.1) is 17.8 Å². The summed E-state index contributed by atoms with van der Waals surface area (Å²) in [6.07, 6.45) is 3.75. The van der Waals surface area contributed by atoms with Crippen LogP contribution in [0, 0.1) is 12.7 Å². The maximum atomic E-state index is 13.2. The van der Waals surface area contributed by atoms with E-state index in [0.29, 0.717) is 17.9 Å². The first-order valence-corrected chi connectivity index (χ1v) is 8.81. The SMILES string of the molecule is Cc1cc(NC(=O)Cc2ccc3c(c2)CCC3)n(-c2ccc(F)cc2)n1. The highest BCUT2D eigenvalue weighted by atomic mass is 19.1. The van der Waals surface area contributed by atoms with Gasteiger partial charge in [0.2, 0.25) is 5.91 Å². The van der Waals surface area contributed by atoms with E-state index < -0.39 is 0 Å². The first-order valence-electron chi connectivity index (χ1n) is 8.81. The van der Waals surface area contributed by atoms with Crippen molar-refractivity contribution < 1.29 is 9.18 Å². The van der Waals surface area contributed by atoms with E-state index in [9.17, 15) is 9.18 Å². The molecule has 2 aromatic carbocycles. The number of fused-ring (bicyclic) bond motifs is 1. The fourth-order valence-corrected chi connectivity index (χ4v) is 3.48. The maximum Gasteiger partial charge on any atom is 0.229 e. The second-order valence-corrected chi connectivity index (χ2v) is 6.74. The third-order valence-corrected chi connectivity index (χ3v) is 4.70. The number of nitrogens with one attached hydrogen (secondary N) is 1. The number of hydrogen-bond acceptors (Lipinski definition) is 2. The monoisotopic (exact) mass is 349 g/mol. The second kappa shape index (κ2) is 6.75. The number of carbonyl (C=O) groups excluding carboxylic acids is 1. The molecule has 4 nitrogen and oxygen atoms in total. The van der Waals surface area contributed by atoms with Gasteiger partial charge in [-0.2, -0.15) is 5.10 Å². The zero-order valence-corrected chi connectivity index (χ0v) is 14.6. The zero-order chi connectivity index (χ0) is 18.1. The summed E-state index contributed by atoms with van der Waals surface area (Å²) in [4.78, 5) is 12.5. The molecule has 0 atom stereocenters. The summed E-state index contributed by atoms with van der Waals surface area (Å²) in [5.74, 6) is 0.186. The average Bonchev–Trinajstić information content (AvgIpc) is 3.21. The van der Waals surface area contributed by atoms with Crippen molar-refractivity contribution in [2.24, 2.45) is 0 Å². The number of aromatic nitrogens is 2. The van der Waals surface area contributed by atoms with Gasteiger partial charge in [-0.25, -0.2) is 9.07 Å². The standard InChI is InChI=1S/C21H20FN3O/c1-14-11-20(25(24-14)19-9-7-18(22)8-10-19)23-21(26)13-15-5-6-16-3-2-4-17(16)12-15/h5-12H,2-4,13H2,1H3,(H,23,26). The van der Waals surface area contributed by atoms with Gasteiger partial charge in [-0.05, 0) is 67.1 Å². The Morgan fingerprint density at radius 1 is 1.12 bits per heavy atom. The molecule has 0 saturated heterocycles. The molecule has 1 aliphatic rings. The van der Waals surface area contributed by atoms with E-state index in [4.69, 9.17) is 0 Å². The first kappa shape index (κ1) is 16.5. The minimum atomic E-state index is -0.306. The summed E-state index contributed by atoms with van der Waals surface area (Å²) in [6.45, 7) is 1.86. The normalized spacial score (nSPS) is 12.8. The van der Waals surface area contributed by atoms with Crippen molar-refractivity contribution in [2.75, 3.05) is 5.32 Å². The van der Waals surface area contributed by atoms with Crippen molar-refractivity contribution >= 4 is 11.7 Å². The summed E-state index contributed by atoms with van der Waals surface area (Å²) < 4.78 is 14.8. The molecule has 0 aliphatic heterocycles. The van der Waals surface area contributed by atoms with Gasteiger partial charge in [-0.1, -0.05) is 18.2 Å². The number of halogens is 1. The molecule has 26 heavy (non-hydrogen) atoms. The highest BCUT2D eigenvalue weighted by molar-refractivity contribution is 5.91. The third-order valence-electron chi connectivity index (χ3n) is 4.70. The Morgan fingerprint density at radius 2 is 1.88 bits per heavy atom. The Morgan fingerprint density at radius 3 is 2.69 bits per heavy atom. The third kappa shape index (κ3) is 3.38. The van der Waals surface area contributed by atoms with E-state index >= 15 is 0 Å². The van der Waals surface area contributed by atoms with E-state index in [1.807, 2.05) is 19.1 Å².